The third-order valence-electron chi connectivity index (χ3n) is 4.76. The lowest BCUT2D eigenvalue weighted by Crippen LogP contribution is -2.54. The van der Waals surface area contributed by atoms with E-state index >= 15 is 0 Å². The minimum absolute atomic E-state index is 0.227. The minimum Gasteiger partial charge on any atom is -0.450 e. The van der Waals surface area contributed by atoms with E-state index in [1.54, 1.807) is 12.1 Å². The van der Waals surface area contributed by atoms with Crippen LogP contribution in [0.25, 0.3) is 0 Å². The Kier molecular flexibility index (Phi) is 4.82. The number of fused-ring (bicyclic) bond motifs is 3. The van der Waals surface area contributed by atoms with Gasteiger partial charge < -0.3 is 19.5 Å². The molecule has 1 aromatic rings. The van der Waals surface area contributed by atoms with Crippen molar-refractivity contribution >= 4 is 39.0 Å². The summed E-state index contributed by atoms with van der Waals surface area (Å²) in [5, 5.41) is 2.27. The van der Waals surface area contributed by atoms with E-state index in [1.165, 1.54) is 36.6 Å². The van der Waals surface area contributed by atoms with Crippen molar-refractivity contribution in [1.82, 2.24) is 9.99 Å². The summed E-state index contributed by atoms with van der Waals surface area (Å²) in [5.41, 5.74) is -0.177. The van der Waals surface area contributed by atoms with Crippen LogP contribution < -0.4 is 14.7 Å². The number of ether oxygens (including phenoxy) is 2. The molecule has 0 saturated carbocycles. The van der Waals surface area contributed by atoms with Crippen LogP contribution >= 0.6 is 9.39 Å². The second kappa shape index (κ2) is 6.81. The van der Waals surface area contributed by atoms with Crippen LogP contribution in [0.1, 0.15) is 32.8 Å². The number of hydrogen-bond acceptors (Lipinski definition) is 6. The number of nitrogens with one attached hydrogen (secondary N) is 1. The lowest BCUT2D eigenvalue weighted by atomic mass is 9.92. The fraction of sp³-hybridized carbons (Fsp3) is 0.412. The molecule has 1 aromatic carbocycles. The van der Waals surface area contributed by atoms with Crippen molar-refractivity contribution in [2.45, 2.75) is 39.0 Å². The number of carbonyl (C=O) groups is 4. The molecule has 3 rings (SSSR count). The molecule has 2 heterocycles. The van der Waals surface area contributed by atoms with E-state index in [-0.39, 0.29) is 17.6 Å². The molecular weight excluding hydrogens is 373 g/mol. The summed E-state index contributed by atoms with van der Waals surface area (Å²) in [6.45, 7) is 4.40. The van der Waals surface area contributed by atoms with Gasteiger partial charge in [-0.2, -0.15) is 0 Å². The molecule has 27 heavy (non-hydrogen) atoms. The highest BCUT2D eigenvalue weighted by Crippen LogP contribution is 2.54. The summed E-state index contributed by atoms with van der Waals surface area (Å²) in [7, 11) is 2.04. The number of rotatable bonds is 2. The summed E-state index contributed by atoms with van der Waals surface area (Å²) in [6.07, 6.45) is -1.14. The molecule has 0 aromatic heterocycles. The van der Waals surface area contributed by atoms with Crippen LogP contribution in [0.3, 0.4) is 0 Å². The van der Waals surface area contributed by atoms with Crippen molar-refractivity contribution in [1.29, 1.82) is 0 Å². The van der Waals surface area contributed by atoms with E-state index in [1.807, 2.05) is 9.39 Å². The number of likely N-dealkylation sites (tertiary alicyclic amines) is 1. The van der Waals surface area contributed by atoms with E-state index < -0.39 is 23.8 Å². The van der Waals surface area contributed by atoms with Crippen molar-refractivity contribution in [2.75, 3.05) is 11.4 Å². The maximum Gasteiger partial charge on any atom is 0.415 e. The van der Waals surface area contributed by atoms with Crippen molar-refractivity contribution in [3.05, 3.63) is 23.8 Å². The molecule has 1 N–H and O–H groups in total. The van der Waals surface area contributed by atoms with Gasteiger partial charge in [-0.25, -0.2) is 4.79 Å². The average Bonchev–Trinajstić information content (AvgIpc) is 3.06. The highest BCUT2D eigenvalue weighted by Gasteiger charge is 2.62. The first-order valence-electron chi connectivity index (χ1n) is 8.31. The van der Waals surface area contributed by atoms with Gasteiger partial charge in [0, 0.05) is 39.3 Å². The zero-order chi connectivity index (χ0) is 19.9. The standard InChI is InChI=1S/C17H20N3O6P/c1-9(21)19-7-6-17(26-11(3)23)13-8-12(25-16(24)18-27)4-5-14(13)20(10(2)22)15(17)19/h4-5,8,15H,6-7,27H2,1-3H3,(H,18,24)/t15-,17-/m1/s1. The maximum absolute atomic E-state index is 12.4. The average molecular weight is 393 g/mol. The smallest absolute Gasteiger partial charge is 0.415 e. The van der Waals surface area contributed by atoms with Crippen molar-refractivity contribution in [3.63, 3.8) is 0 Å². The highest BCUT2D eigenvalue weighted by molar-refractivity contribution is 7.15. The first kappa shape index (κ1) is 19.1. The predicted molar refractivity (Wildman–Crippen MR) is 97.7 cm³/mol. The first-order chi connectivity index (χ1) is 12.7. The zero-order valence-electron chi connectivity index (χ0n) is 15.1. The molecular formula is C17H20N3O6P. The van der Waals surface area contributed by atoms with Gasteiger partial charge in [0.05, 0.1) is 5.69 Å². The summed E-state index contributed by atoms with van der Waals surface area (Å²) in [5.74, 6) is -0.826. The fourth-order valence-electron chi connectivity index (χ4n) is 3.89. The van der Waals surface area contributed by atoms with E-state index in [0.29, 0.717) is 24.2 Å². The highest BCUT2D eigenvalue weighted by atomic mass is 31.0. The Balaban J connectivity index is 2.18. The van der Waals surface area contributed by atoms with Crippen LogP contribution in [0.5, 0.6) is 5.75 Å². The van der Waals surface area contributed by atoms with Crippen LogP contribution in [0.2, 0.25) is 0 Å². The number of carbonyl (C=O) groups excluding carboxylic acids is 4. The number of nitrogens with zero attached hydrogens (tertiary/aromatic N) is 2. The van der Waals surface area contributed by atoms with E-state index in [2.05, 4.69) is 5.09 Å². The number of benzene rings is 1. The van der Waals surface area contributed by atoms with Crippen LogP contribution in [0.15, 0.2) is 18.2 Å². The van der Waals surface area contributed by atoms with Gasteiger partial charge in [0.1, 0.15) is 5.75 Å². The normalized spacial score (nSPS) is 22.7. The van der Waals surface area contributed by atoms with E-state index in [0.717, 1.165) is 0 Å². The molecule has 1 unspecified atom stereocenters. The molecule has 9 nitrogen and oxygen atoms in total. The Hall–Kier alpha value is -2.67. The largest absolute Gasteiger partial charge is 0.450 e. The molecule has 3 atom stereocenters. The summed E-state index contributed by atoms with van der Waals surface area (Å²) in [4.78, 5) is 50.9. The van der Waals surface area contributed by atoms with Gasteiger partial charge in [0.2, 0.25) is 11.8 Å². The molecule has 0 radical (unpaired) electrons. The Morgan fingerprint density at radius 3 is 2.44 bits per heavy atom. The van der Waals surface area contributed by atoms with E-state index in [9.17, 15) is 19.2 Å². The molecule has 10 heteroatoms. The lowest BCUT2D eigenvalue weighted by Gasteiger charge is -2.35. The zero-order valence-corrected chi connectivity index (χ0v) is 16.3. The minimum atomic E-state index is -1.21. The fourth-order valence-corrected chi connectivity index (χ4v) is 3.95. The van der Waals surface area contributed by atoms with Crippen molar-refractivity contribution in [2.24, 2.45) is 0 Å². The molecule has 3 amide bonds. The van der Waals surface area contributed by atoms with Crippen LogP contribution in [-0.4, -0.2) is 41.5 Å². The molecule has 0 spiro atoms. The van der Waals surface area contributed by atoms with Crippen LogP contribution in [0.4, 0.5) is 10.5 Å². The predicted octanol–water partition coefficient (Wildman–Crippen LogP) is 1.27. The van der Waals surface area contributed by atoms with E-state index in [4.69, 9.17) is 9.47 Å². The maximum atomic E-state index is 12.4. The van der Waals surface area contributed by atoms with Gasteiger partial charge in [-0.15, -0.1) is 0 Å². The molecule has 1 fully saturated rings. The van der Waals surface area contributed by atoms with Gasteiger partial charge >= 0.3 is 12.1 Å². The summed E-state index contributed by atoms with van der Waals surface area (Å²) < 4.78 is 10.9. The molecule has 0 aliphatic carbocycles. The topological polar surface area (TPSA) is 105 Å². The van der Waals surface area contributed by atoms with Gasteiger partial charge in [-0.1, -0.05) is 0 Å². The third kappa shape index (κ3) is 3.02. The molecule has 2 aliphatic heterocycles. The molecule has 0 bridgehead atoms. The quantitative estimate of drug-likeness (QED) is 0.599. The molecule has 1 saturated heterocycles. The SMILES string of the molecule is CC(=O)O[C@@]12CCN(C(C)=O)[C@@H]1N(C(C)=O)c1ccc(OC(=O)NP)cc12. The number of amides is 3. The summed E-state index contributed by atoms with van der Waals surface area (Å²) >= 11 is 0. The van der Waals surface area contributed by atoms with Gasteiger partial charge in [-0.3, -0.25) is 19.3 Å². The third-order valence-corrected chi connectivity index (χ3v) is 5.00. The first-order valence-corrected chi connectivity index (χ1v) is 8.88. The Morgan fingerprint density at radius 1 is 1.19 bits per heavy atom. The molecule has 2 aliphatic rings. The van der Waals surface area contributed by atoms with Crippen LogP contribution in [-0.2, 0) is 24.7 Å². The van der Waals surface area contributed by atoms with Crippen molar-refractivity contribution in [3.8, 4) is 5.75 Å². The number of esters is 1. The summed E-state index contributed by atoms with van der Waals surface area (Å²) in [6, 6.07) is 4.72. The van der Waals surface area contributed by atoms with Gasteiger partial charge in [-0.05, 0) is 27.6 Å². The molecule has 144 valence electrons. The van der Waals surface area contributed by atoms with Gasteiger partial charge in [0.15, 0.2) is 11.8 Å². The second-order valence-corrected chi connectivity index (χ2v) is 6.71. The second-order valence-electron chi connectivity index (χ2n) is 6.42. The number of anilines is 1. The number of hydrogen-bond donors (Lipinski definition) is 1. The van der Waals surface area contributed by atoms with Gasteiger partial charge in [0.25, 0.3) is 0 Å². The lowest BCUT2D eigenvalue weighted by molar-refractivity contribution is -0.162. The Morgan fingerprint density at radius 2 is 1.89 bits per heavy atom. The Bertz CT molecular complexity index is 844. The van der Waals surface area contributed by atoms with Crippen LogP contribution in [0, 0.1) is 0 Å². The monoisotopic (exact) mass is 393 g/mol. The van der Waals surface area contributed by atoms with Crippen molar-refractivity contribution < 1.29 is 28.7 Å². The Labute approximate surface area is 158 Å².